The number of ether oxygens (including phenoxy) is 2. The van der Waals surface area contributed by atoms with Crippen LogP contribution < -0.4 is 14.8 Å². The lowest BCUT2D eigenvalue weighted by atomic mass is 9.97. The number of sulfonamides is 1. The molecule has 1 unspecified atom stereocenters. The summed E-state index contributed by atoms with van der Waals surface area (Å²) in [6, 6.07) is 11.6. The van der Waals surface area contributed by atoms with Gasteiger partial charge in [0, 0.05) is 38.6 Å². The Morgan fingerprint density at radius 3 is 2.41 bits per heavy atom. The second-order valence-corrected chi connectivity index (χ2v) is 10.0. The molecule has 0 bridgehead atoms. The van der Waals surface area contributed by atoms with E-state index >= 15 is 0 Å². The van der Waals surface area contributed by atoms with Gasteiger partial charge in [0.2, 0.25) is 10.0 Å². The van der Waals surface area contributed by atoms with E-state index in [0.29, 0.717) is 13.2 Å². The summed E-state index contributed by atoms with van der Waals surface area (Å²) in [5, 5.41) is 2.90. The van der Waals surface area contributed by atoms with Crippen LogP contribution in [0.1, 0.15) is 5.56 Å². The normalized spacial score (nSPS) is 19.1. The van der Waals surface area contributed by atoms with E-state index in [0.717, 1.165) is 42.0 Å². The summed E-state index contributed by atoms with van der Waals surface area (Å²) in [4.78, 5) is 14.0. The number of alkyl halides is 3. The molecule has 2 amide bonds. The maximum Gasteiger partial charge on any atom is 0.573 e. The smallest absolute Gasteiger partial charge is 0.493 e. The van der Waals surface area contributed by atoms with Crippen molar-refractivity contribution in [3.05, 3.63) is 54.1 Å². The second-order valence-electron chi connectivity index (χ2n) is 8.09. The fourth-order valence-corrected chi connectivity index (χ4v) is 5.38. The number of halogens is 3. The van der Waals surface area contributed by atoms with Crippen LogP contribution in [0.5, 0.6) is 11.5 Å². The van der Waals surface area contributed by atoms with Crippen molar-refractivity contribution in [2.45, 2.75) is 17.7 Å². The number of piperazine rings is 1. The molecule has 0 aliphatic carbocycles. The van der Waals surface area contributed by atoms with Gasteiger partial charge in [-0.1, -0.05) is 18.2 Å². The Bertz CT molecular complexity index is 1120. The molecule has 0 radical (unpaired) electrons. The largest absolute Gasteiger partial charge is 0.573 e. The van der Waals surface area contributed by atoms with Crippen LogP contribution in [0, 0.1) is 5.92 Å². The number of hydrogen-bond acceptors (Lipinski definition) is 5. The molecule has 0 aromatic heterocycles. The van der Waals surface area contributed by atoms with Gasteiger partial charge in [0.05, 0.1) is 11.5 Å². The molecule has 2 aliphatic rings. The Hall–Kier alpha value is -2.99. The van der Waals surface area contributed by atoms with Crippen molar-refractivity contribution in [1.82, 2.24) is 14.5 Å². The molecular weight excluding hydrogens is 475 g/mol. The molecule has 1 N–H and O–H groups in total. The first-order valence-corrected chi connectivity index (χ1v) is 12.2. The number of carbonyl (C=O) groups is 1. The predicted octanol–water partition coefficient (Wildman–Crippen LogP) is 2.85. The van der Waals surface area contributed by atoms with E-state index in [9.17, 15) is 26.4 Å². The molecular formula is C22H24F3N3O5S. The average molecular weight is 500 g/mol. The van der Waals surface area contributed by atoms with Crippen molar-refractivity contribution < 1.29 is 35.9 Å². The van der Waals surface area contributed by atoms with E-state index in [-0.39, 0.29) is 43.0 Å². The molecule has 4 rings (SSSR count). The van der Waals surface area contributed by atoms with Crippen LogP contribution in [0.15, 0.2) is 53.4 Å². The van der Waals surface area contributed by atoms with E-state index in [2.05, 4.69) is 10.1 Å². The molecule has 2 aliphatic heterocycles. The summed E-state index contributed by atoms with van der Waals surface area (Å²) in [5.41, 5.74) is 1.10. The Morgan fingerprint density at radius 2 is 1.74 bits per heavy atom. The van der Waals surface area contributed by atoms with Crippen LogP contribution in [0.3, 0.4) is 0 Å². The molecule has 34 heavy (non-hydrogen) atoms. The number of benzene rings is 2. The zero-order valence-corrected chi connectivity index (χ0v) is 18.9. The molecule has 0 spiro atoms. The minimum absolute atomic E-state index is 0.0798. The Balaban J connectivity index is 1.26. The highest BCUT2D eigenvalue weighted by molar-refractivity contribution is 7.89. The zero-order chi connectivity index (χ0) is 24.3. The predicted molar refractivity (Wildman–Crippen MR) is 116 cm³/mol. The number of carbonyl (C=O) groups excluding carboxylic acids is 1. The molecule has 2 aromatic carbocycles. The van der Waals surface area contributed by atoms with Crippen molar-refractivity contribution in [2.24, 2.45) is 5.92 Å². The van der Waals surface area contributed by atoms with Crippen molar-refractivity contribution in [3.8, 4) is 11.5 Å². The first-order chi connectivity index (χ1) is 16.1. The highest BCUT2D eigenvalue weighted by Gasteiger charge is 2.33. The second kappa shape index (κ2) is 9.71. The minimum Gasteiger partial charge on any atom is -0.493 e. The number of amides is 2. The Labute approximate surface area is 195 Å². The number of rotatable bonds is 5. The maximum absolute atomic E-state index is 12.8. The molecule has 1 saturated heterocycles. The van der Waals surface area contributed by atoms with E-state index in [4.69, 9.17) is 4.74 Å². The molecule has 0 saturated carbocycles. The van der Waals surface area contributed by atoms with Crippen molar-refractivity contribution in [1.29, 1.82) is 0 Å². The van der Waals surface area contributed by atoms with Gasteiger partial charge in [0.15, 0.2) is 0 Å². The fourth-order valence-electron chi connectivity index (χ4n) is 3.96. The van der Waals surface area contributed by atoms with Crippen LogP contribution in [-0.4, -0.2) is 69.3 Å². The number of para-hydroxylation sites is 1. The SMILES string of the molecule is O=C(NCC1COc2ccccc2C1)N1CCN(S(=O)(=O)c2ccc(OC(F)(F)F)cc2)CC1. The molecule has 184 valence electrons. The fraction of sp³-hybridized carbons (Fsp3) is 0.409. The summed E-state index contributed by atoms with van der Waals surface area (Å²) in [6.45, 7) is 1.51. The highest BCUT2D eigenvalue weighted by atomic mass is 32.2. The van der Waals surface area contributed by atoms with Gasteiger partial charge >= 0.3 is 12.4 Å². The van der Waals surface area contributed by atoms with E-state index in [1.54, 1.807) is 4.90 Å². The first-order valence-electron chi connectivity index (χ1n) is 10.7. The van der Waals surface area contributed by atoms with Gasteiger partial charge in [-0.15, -0.1) is 13.2 Å². The highest BCUT2D eigenvalue weighted by Crippen LogP contribution is 2.27. The van der Waals surface area contributed by atoms with Gasteiger partial charge in [0.1, 0.15) is 11.5 Å². The van der Waals surface area contributed by atoms with Crippen molar-refractivity contribution in [2.75, 3.05) is 39.3 Å². The lowest BCUT2D eigenvalue weighted by Gasteiger charge is -2.34. The summed E-state index contributed by atoms with van der Waals surface area (Å²) < 4.78 is 73.3. The van der Waals surface area contributed by atoms with E-state index in [1.165, 1.54) is 4.31 Å². The zero-order valence-electron chi connectivity index (χ0n) is 18.1. The van der Waals surface area contributed by atoms with Crippen LogP contribution in [0.25, 0.3) is 0 Å². The molecule has 1 fully saturated rings. The quantitative estimate of drug-likeness (QED) is 0.684. The maximum atomic E-state index is 12.8. The van der Waals surface area contributed by atoms with Crippen LogP contribution in [0.2, 0.25) is 0 Å². The third-order valence-corrected chi connectivity index (χ3v) is 7.63. The van der Waals surface area contributed by atoms with Gasteiger partial charge in [-0.3, -0.25) is 0 Å². The molecule has 2 heterocycles. The first kappa shape index (κ1) is 24.1. The third kappa shape index (κ3) is 5.73. The lowest BCUT2D eigenvalue weighted by molar-refractivity contribution is -0.274. The number of nitrogens with one attached hydrogen (secondary N) is 1. The Morgan fingerprint density at radius 1 is 1.06 bits per heavy atom. The van der Waals surface area contributed by atoms with Gasteiger partial charge in [-0.2, -0.15) is 4.31 Å². The minimum atomic E-state index is -4.86. The molecule has 2 aromatic rings. The molecule has 12 heteroatoms. The number of nitrogens with zero attached hydrogens (tertiary/aromatic N) is 2. The van der Waals surface area contributed by atoms with Crippen LogP contribution in [0.4, 0.5) is 18.0 Å². The van der Waals surface area contributed by atoms with Crippen LogP contribution in [-0.2, 0) is 16.4 Å². The summed E-state index contributed by atoms with van der Waals surface area (Å²) in [5.74, 6) is 0.509. The van der Waals surface area contributed by atoms with Gasteiger partial charge in [-0.25, -0.2) is 13.2 Å². The van der Waals surface area contributed by atoms with Crippen LogP contribution >= 0.6 is 0 Å². The van der Waals surface area contributed by atoms with Gasteiger partial charge in [-0.05, 0) is 42.3 Å². The van der Waals surface area contributed by atoms with E-state index < -0.39 is 22.1 Å². The average Bonchev–Trinajstić information content (AvgIpc) is 2.82. The summed E-state index contributed by atoms with van der Waals surface area (Å²) in [6.07, 6.45) is -4.05. The standard InChI is InChI=1S/C22H24F3N3O5S/c23-22(24,25)33-18-5-7-19(8-6-18)34(30,31)28-11-9-27(10-12-28)21(29)26-14-16-13-17-3-1-2-4-20(17)32-15-16/h1-8,16H,9-15H2,(H,26,29). The third-order valence-electron chi connectivity index (χ3n) is 5.72. The number of fused-ring (bicyclic) bond motifs is 1. The van der Waals surface area contributed by atoms with Crippen molar-refractivity contribution in [3.63, 3.8) is 0 Å². The van der Waals surface area contributed by atoms with Gasteiger partial charge in [0.25, 0.3) is 0 Å². The molecule has 1 atom stereocenters. The van der Waals surface area contributed by atoms with E-state index in [1.807, 2.05) is 24.3 Å². The molecule has 8 nitrogen and oxygen atoms in total. The number of urea groups is 1. The Kier molecular flexibility index (Phi) is 6.89. The number of hydrogen-bond donors (Lipinski definition) is 1. The monoisotopic (exact) mass is 499 g/mol. The topological polar surface area (TPSA) is 88.2 Å². The van der Waals surface area contributed by atoms with Crippen molar-refractivity contribution >= 4 is 16.1 Å². The lowest BCUT2D eigenvalue weighted by Crippen LogP contribution is -2.53. The summed E-state index contributed by atoms with van der Waals surface area (Å²) >= 11 is 0. The summed E-state index contributed by atoms with van der Waals surface area (Å²) in [7, 11) is -3.91. The van der Waals surface area contributed by atoms with Gasteiger partial charge < -0.3 is 19.7 Å².